The Labute approximate surface area is 186 Å². The second-order valence-corrected chi connectivity index (χ2v) is 9.64. The number of halogens is 3. The number of carbonyl (C=O) groups excluding carboxylic acids is 1. The number of fused-ring (bicyclic) bond motifs is 1. The van der Waals surface area contributed by atoms with Crippen molar-refractivity contribution in [2.45, 2.75) is 69.6 Å². The number of piperidine rings is 1. The van der Waals surface area contributed by atoms with Crippen molar-refractivity contribution in [3.05, 3.63) is 36.0 Å². The standard InChI is InChI=1S/C24H31F3N4O/c1-16-12-17(30-21(32)13-23(28)9-3-2-4-10-23)15-31(14-16)20-8-7-19(24(25,26)27)22-18(20)6-5-11-29-22/h5-8,11,16-17H,2-4,9-10,12-15,28H2,1H3,(H,30,32). The Morgan fingerprint density at radius 1 is 1.22 bits per heavy atom. The highest BCUT2D eigenvalue weighted by Crippen LogP contribution is 2.38. The number of hydrogen-bond donors (Lipinski definition) is 2. The Hall–Kier alpha value is -2.35. The van der Waals surface area contributed by atoms with E-state index in [1.807, 2.05) is 0 Å². The zero-order valence-corrected chi connectivity index (χ0v) is 18.4. The van der Waals surface area contributed by atoms with E-state index in [0.29, 0.717) is 24.9 Å². The van der Waals surface area contributed by atoms with E-state index in [1.165, 1.54) is 18.7 Å². The maximum atomic E-state index is 13.5. The summed E-state index contributed by atoms with van der Waals surface area (Å²) >= 11 is 0. The van der Waals surface area contributed by atoms with Crippen molar-refractivity contribution in [2.75, 3.05) is 18.0 Å². The van der Waals surface area contributed by atoms with Crippen LogP contribution in [0.5, 0.6) is 0 Å². The molecule has 1 aromatic carbocycles. The summed E-state index contributed by atoms with van der Waals surface area (Å²) in [6, 6.07) is 5.90. The number of alkyl halides is 3. The van der Waals surface area contributed by atoms with Gasteiger partial charge in [0.1, 0.15) is 0 Å². The van der Waals surface area contributed by atoms with Crippen LogP contribution in [0.2, 0.25) is 0 Å². The summed E-state index contributed by atoms with van der Waals surface area (Å²) < 4.78 is 40.4. The van der Waals surface area contributed by atoms with Gasteiger partial charge in [-0.2, -0.15) is 13.2 Å². The number of nitrogens with two attached hydrogens (primary N) is 1. The van der Waals surface area contributed by atoms with Gasteiger partial charge in [-0.15, -0.1) is 0 Å². The molecule has 4 rings (SSSR count). The number of anilines is 1. The van der Waals surface area contributed by atoms with Crippen molar-refractivity contribution in [2.24, 2.45) is 11.7 Å². The normalized spacial score (nSPS) is 23.8. The molecular weight excluding hydrogens is 417 g/mol. The topological polar surface area (TPSA) is 71.2 Å². The Morgan fingerprint density at radius 3 is 2.69 bits per heavy atom. The van der Waals surface area contributed by atoms with Crippen LogP contribution in [0.25, 0.3) is 10.9 Å². The first-order chi connectivity index (χ1) is 15.1. The summed E-state index contributed by atoms with van der Waals surface area (Å²) in [6.45, 7) is 3.35. The molecule has 2 fully saturated rings. The SMILES string of the molecule is CC1CC(NC(=O)CC2(N)CCCCC2)CN(c2ccc(C(F)(F)F)c3ncccc23)C1. The van der Waals surface area contributed by atoms with Gasteiger partial charge in [0.25, 0.3) is 0 Å². The Kier molecular flexibility index (Phi) is 6.34. The minimum Gasteiger partial charge on any atom is -0.369 e. The van der Waals surface area contributed by atoms with E-state index in [9.17, 15) is 18.0 Å². The fourth-order valence-electron chi connectivity index (χ4n) is 5.35. The van der Waals surface area contributed by atoms with Gasteiger partial charge in [-0.1, -0.05) is 26.2 Å². The number of amides is 1. The van der Waals surface area contributed by atoms with Gasteiger partial charge in [-0.05, 0) is 49.4 Å². The predicted molar refractivity (Wildman–Crippen MR) is 119 cm³/mol. The molecule has 1 amide bonds. The van der Waals surface area contributed by atoms with Gasteiger partial charge in [-0.3, -0.25) is 9.78 Å². The molecule has 0 bridgehead atoms. The van der Waals surface area contributed by atoms with Crippen LogP contribution in [-0.4, -0.2) is 35.6 Å². The molecule has 174 valence electrons. The number of benzene rings is 1. The number of nitrogens with zero attached hydrogens (tertiary/aromatic N) is 2. The second-order valence-electron chi connectivity index (χ2n) is 9.64. The van der Waals surface area contributed by atoms with E-state index in [0.717, 1.165) is 43.9 Å². The number of aromatic nitrogens is 1. The zero-order valence-electron chi connectivity index (χ0n) is 18.4. The van der Waals surface area contributed by atoms with Crippen molar-refractivity contribution in [3.8, 4) is 0 Å². The van der Waals surface area contributed by atoms with Crippen molar-refractivity contribution in [1.82, 2.24) is 10.3 Å². The summed E-state index contributed by atoms with van der Waals surface area (Å²) in [4.78, 5) is 18.9. The van der Waals surface area contributed by atoms with Crippen molar-refractivity contribution < 1.29 is 18.0 Å². The monoisotopic (exact) mass is 448 g/mol. The van der Waals surface area contributed by atoms with Crippen LogP contribution in [0.4, 0.5) is 18.9 Å². The van der Waals surface area contributed by atoms with Gasteiger partial charge in [0.2, 0.25) is 5.91 Å². The number of nitrogens with one attached hydrogen (secondary N) is 1. The Balaban J connectivity index is 1.52. The van der Waals surface area contributed by atoms with E-state index < -0.39 is 17.3 Å². The third-order valence-electron chi connectivity index (χ3n) is 6.78. The predicted octanol–water partition coefficient (Wildman–Crippen LogP) is 4.64. The highest BCUT2D eigenvalue weighted by Gasteiger charge is 2.35. The molecule has 0 radical (unpaired) electrons. The van der Waals surface area contributed by atoms with Crippen molar-refractivity contribution in [1.29, 1.82) is 0 Å². The molecule has 1 aromatic heterocycles. The molecule has 1 saturated heterocycles. The number of pyridine rings is 1. The second kappa shape index (κ2) is 8.89. The molecule has 5 nitrogen and oxygen atoms in total. The van der Waals surface area contributed by atoms with E-state index >= 15 is 0 Å². The van der Waals surface area contributed by atoms with Gasteiger partial charge >= 0.3 is 6.18 Å². The highest BCUT2D eigenvalue weighted by molar-refractivity contribution is 5.94. The Bertz CT molecular complexity index is 971. The maximum Gasteiger partial charge on any atom is 0.418 e. The molecule has 8 heteroatoms. The summed E-state index contributed by atoms with van der Waals surface area (Å²) in [5.74, 6) is 0.247. The van der Waals surface area contributed by atoms with Gasteiger partial charge in [0, 0.05) is 48.4 Å². The van der Waals surface area contributed by atoms with Crippen LogP contribution >= 0.6 is 0 Å². The number of hydrogen-bond acceptors (Lipinski definition) is 4. The van der Waals surface area contributed by atoms with Crippen LogP contribution in [0, 0.1) is 5.92 Å². The average Bonchev–Trinajstić information content (AvgIpc) is 2.71. The van der Waals surface area contributed by atoms with Crippen LogP contribution in [-0.2, 0) is 11.0 Å². The highest BCUT2D eigenvalue weighted by atomic mass is 19.4. The quantitative estimate of drug-likeness (QED) is 0.715. The van der Waals surface area contributed by atoms with Crippen LogP contribution in [0.3, 0.4) is 0 Å². The van der Waals surface area contributed by atoms with Crippen LogP contribution in [0.1, 0.15) is 57.4 Å². The molecule has 2 aliphatic rings. The molecule has 0 spiro atoms. The first kappa shape index (κ1) is 22.8. The Morgan fingerprint density at radius 2 is 1.97 bits per heavy atom. The molecule has 1 aliphatic carbocycles. The molecule has 2 atom stereocenters. The summed E-state index contributed by atoms with van der Waals surface area (Å²) in [5, 5.41) is 3.63. The van der Waals surface area contributed by atoms with Crippen molar-refractivity contribution in [3.63, 3.8) is 0 Å². The molecule has 1 aliphatic heterocycles. The fraction of sp³-hybridized carbons (Fsp3) is 0.583. The van der Waals surface area contributed by atoms with E-state index in [4.69, 9.17) is 5.73 Å². The summed E-state index contributed by atoms with van der Waals surface area (Å²) in [5.41, 5.74) is 5.98. The van der Waals surface area contributed by atoms with E-state index in [-0.39, 0.29) is 23.4 Å². The molecular formula is C24H31F3N4O. The number of rotatable bonds is 4. The largest absolute Gasteiger partial charge is 0.418 e. The van der Waals surface area contributed by atoms with Gasteiger partial charge < -0.3 is 16.0 Å². The third-order valence-corrected chi connectivity index (χ3v) is 6.78. The summed E-state index contributed by atoms with van der Waals surface area (Å²) in [6.07, 6.45) is 3.12. The average molecular weight is 449 g/mol. The maximum absolute atomic E-state index is 13.5. The lowest BCUT2D eigenvalue weighted by Crippen LogP contribution is -2.53. The molecule has 2 heterocycles. The minimum absolute atomic E-state index is 0.0348. The summed E-state index contributed by atoms with van der Waals surface area (Å²) in [7, 11) is 0. The van der Waals surface area contributed by atoms with Gasteiger partial charge in [0.05, 0.1) is 11.1 Å². The minimum atomic E-state index is -4.46. The van der Waals surface area contributed by atoms with E-state index in [2.05, 4.69) is 22.1 Å². The number of carbonyl (C=O) groups is 1. The molecule has 32 heavy (non-hydrogen) atoms. The van der Waals surface area contributed by atoms with Crippen molar-refractivity contribution >= 4 is 22.5 Å². The lowest BCUT2D eigenvalue weighted by Gasteiger charge is -2.39. The fourth-order valence-corrected chi connectivity index (χ4v) is 5.35. The lowest BCUT2D eigenvalue weighted by molar-refractivity contribution is -0.136. The first-order valence-corrected chi connectivity index (χ1v) is 11.4. The van der Waals surface area contributed by atoms with Gasteiger partial charge in [-0.25, -0.2) is 0 Å². The third kappa shape index (κ3) is 5.00. The van der Waals surface area contributed by atoms with Crippen LogP contribution in [0.15, 0.2) is 30.5 Å². The first-order valence-electron chi connectivity index (χ1n) is 11.4. The molecule has 1 saturated carbocycles. The molecule has 2 unspecified atom stereocenters. The molecule has 2 aromatic rings. The zero-order chi connectivity index (χ0) is 22.9. The van der Waals surface area contributed by atoms with Gasteiger partial charge in [0.15, 0.2) is 0 Å². The van der Waals surface area contributed by atoms with Crippen LogP contribution < -0.4 is 16.0 Å². The smallest absolute Gasteiger partial charge is 0.369 e. The van der Waals surface area contributed by atoms with E-state index in [1.54, 1.807) is 12.1 Å². The molecule has 3 N–H and O–H groups in total. The lowest BCUT2D eigenvalue weighted by atomic mass is 9.80.